The lowest BCUT2D eigenvalue weighted by Gasteiger charge is -2.15. The molecule has 1 amide bonds. The Kier molecular flexibility index (Phi) is 4.27. The summed E-state index contributed by atoms with van der Waals surface area (Å²) in [5.74, 6) is -0.0843. The van der Waals surface area contributed by atoms with Crippen molar-refractivity contribution in [3.63, 3.8) is 0 Å². The molecule has 0 unspecified atom stereocenters. The Morgan fingerprint density at radius 3 is 2.92 bits per heavy atom. The summed E-state index contributed by atoms with van der Waals surface area (Å²) in [4.78, 5) is 27.3. The van der Waals surface area contributed by atoms with Gasteiger partial charge in [0, 0.05) is 25.8 Å². The lowest BCUT2D eigenvalue weighted by atomic mass is 10.3. The largest absolute Gasteiger partial charge is 0.350 e. The fourth-order valence-electron chi connectivity index (χ4n) is 2.89. The van der Waals surface area contributed by atoms with E-state index in [1.54, 1.807) is 6.20 Å². The number of rotatable bonds is 4. The fourth-order valence-corrected chi connectivity index (χ4v) is 3.70. The molecule has 0 bridgehead atoms. The SMILES string of the molecule is O=C(c1nc(NCc2cncc(F)c2)nc2ccsc12)N1CCCC1. The molecule has 4 rings (SSSR count). The predicted octanol–water partition coefficient (Wildman–Crippen LogP) is 3.07. The van der Waals surface area contributed by atoms with Crippen LogP contribution in [0.25, 0.3) is 10.2 Å². The van der Waals surface area contributed by atoms with E-state index in [4.69, 9.17) is 0 Å². The van der Waals surface area contributed by atoms with E-state index in [-0.39, 0.29) is 5.91 Å². The Morgan fingerprint density at radius 1 is 1.28 bits per heavy atom. The maximum atomic E-state index is 13.2. The van der Waals surface area contributed by atoms with Crippen LogP contribution in [0.1, 0.15) is 28.9 Å². The Hall–Kier alpha value is -2.61. The van der Waals surface area contributed by atoms with E-state index in [1.807, 2.05) is 16.3 Å². The zero-order chi connectivity index (χ0) is 17.2. The molecule has 4 heterocycles. The number of halogens is 1. The highest BCUT2D eigenvalue weighted by atomic mass is 32.1. The molecular weight excluding hydrogens is 341 g/mol. The van der Waals surface area contributed by atoms with Crippen LogP contribution in [0, 0.1) is 5.82 Å². The van der Waals surface area contributed by atoms with Gasteiger partial charge in [-0.3, -0.25) is 9.78 Å². The lowest BCUT2D eigenvalue weighted by molar-refractivity contribution is 0.0789. The summed E-state index contributed by atoms with van der Waals surface area (Å²) in [7, 11) is 0. The van der Waals surface area contributed by atoms with E-state index in [0.29, 0.717) is 23.8 Å². The molecule has 3 aromatic rings. The van der Waals surface area contributed by atoms with Crippen LogP contribution >= 0.6 is 11.3 Å². The molecule has 1 aliphatic heterocycles. The number of likely N-dealkylation sites (tertiary alicyclic amines) is 1. The number of carbonyl (C=O) groups excluding carboxylic acids is 1. The summed E-state index contributed by atoms with van der Waals surface area (Å²) in [5.41, 5.74) is 1.85. The molecule has 1 fully saturated rings. The number of nitrogens with zero attached hydrogens (tertiary/aromatic N) is 4. The molecule has 6 nitrogen and oxygen atoms in total. The Labute approximate surface area is 147 Å². The number of thiophene rings is 1. The normalized spacial score (nSPS) is 14.2. The molecule has 0 radical (unpaired) electrons. The first-order chi connectivity index (χ1) is 12.2. The molecule has 128 valence electrons. The third-order valence-corrected chi connectivity index (χ3v) is 5.02. The minimum absolute atomic E-state index is 0.0529. The van der Waals surface area contributed by atoms with E-state index in [2.05, 4.69) is 20.3 Å². The van der Waals surface area contributed by atoms with Gasteiger partial charge in [-0.2, -0.15) is 0 Å². The van der Waals surface area contributed by atoms with Crippen LogP contribution in [-0.2, 0) is 6.54 Å². The van der Waals surface area contributed by atoms with Gasteiger partial charge < -0.3 is 10.2 Å². The van der Waals surface area contributed by atoms with Crippen molar-refractivity contribution >= 4 is 33.4 Å². The van der Waals surface area contributed by atoms with E-state index in [9.17, 15) is 9.18 Å². The second-order valence-electron chi connectivity index (χ2n) is 5.90. The van der Waals surface area contributed by atoms with Crippen molar-refractivity contribution < 1.29 is 9.18 Å². The Balaban J connectivity index is 1.62. The number of fused-ring (bicyclic) bond motifs is 1. The highest BCUT2D eigenvalue weighted by molar-refractivity contribution is 7.17. The predicted molar refractivity (Wildman–Crippen MR) is 94.1 cm³/mol. The van der Waals surface area contributed by atoms with Gasteiger partial charge in [0.15, 0.2) is 5.69 Å². The summed E-state index contributed by atoms with van der Waals surface area (Å²) in [6, 6.07) is 3.27. The zero-order valence-corrected chi connectivity index (χ0v) is 14.2. The van der Waals surface area contributed by atoms with Crippen molar-refractivity contribution in [3.8, 4) is 0 Å². The maximum absolute atomic E-state index is 13.2. The number of aromatic nitrogens is 3. The highest BCUT2D eigenvalue weighted by Crippen LogP contribution is 2.26. The smallest absolute Gasteiger partial charge is 0.274 e. The molecule has 0 saturated carbocycles. The van der Waals surface area contributed by atoms with Gasteiger partial charge >= 0.3 is 0 Å². The minimum Gasteiger partial charge on any atom is -0.350 e. The van der Waals surface area contributed by atoms with Crippen molar-refractivity contribution in [2.75, 3.05) is 18.4 Å². The van der Waals surface area contributed by atoms with Gasteiger partial charge in [-0.15, -0.1) is 11.3 Å². The molecule has 1 saturated heterocycles. The molecule has 0 aromatic carbocycles. The van der Waals surface area contributed by atoms with Crippen molar-refractivity contribution in [2.45, 2.75) is 19.4 Å². The van der Waals surface area contributed by atoms with E-state index in [0.717, 1.165) is 42.3 Å². The molecule has 8 heteroatoms. The van der Waals surface area contributed by atoms with Crippen LogP contribution in [-0.4, -0.2) is 38.8 Å². The van der Waals surface area contributed by atoms with Crippen LogP contribution in [0.3, 0.4) is 0 Å². The van der Waals surface area contributed by atoms with Crippen molar-refractivity contribution in [3.05, 3.63) is 47.0 Å². The molecule has 25 heavy (non-hydrogen) atoms. The van der Waals surface area contributed by atoms with E-state index in [1.165, 1.54) is 17.4 Å². The molecule has 3 aromatic heterocycles. The van der Waals surface area contributed by atoms with E-state index < -0.39 is 5.82 Å². The second-order valence-corrected chi connectivity index (χ2v) is 6.81. The summed E-state index contributed by atoms with van der Waals surface area (Å²) < 4.78 is 14.0. The first-order valence-corrected chi connectivity index (χ1v) is 8.96. The van der Waals surface area contributed by atoms with Crippen LogP contribution in [0.5, 0.6) is 0 Å². The topological polar surface area (TPSA) is 71.0 Å². The van der Waals surface area contributed by atoms with Gasteiger partial charge in [-0.1, -0.05) is 0 Å². The minimum atomic E-state index is -0.390. The molecule has 1 aliphatic rings. The highest BCUT2D eigenvalue weighted by Gasteiger charge is 2.24. The summed E-state index contributed by atoms with van der Waals surface area (Å²) in [5, 5.41) is 4.96. The third kappa shape index (κ3) is 3.30. The second kappa shape index (κ2) is 6.72. The van der Waals surface area contributed by atoms with Gasteiger partial charge in [0.25, 0.3) is 5.91 Å². The fraction of sp³-hybridized carbons (Fsp3) is 0.294. The van der Waals surface area contributed by atoms with Crippen molar-refractivity contribution in [1.29, 1.82) is 0 Å². The summed E-state index contributed by atoms with van der Waals surface area (Å²) in [6.07, 6.45) is 4.80. The number of amides is 1. The van der Waals surface area contributed by atoms with Crippen molar-refractivity contribution in [2.24, 2.45) is 0 Å². The third-order valence-electron chi connectivity index (χ3n) is 4.11. The van der Waals surface area contributed by atoms with Gasteiger partial charge in [0.2, 0.25) is 5.95 Å². The first kappa shape index (κ1) is 15.9. The van der Waals surface area contributed by atoms with Gasteiger partial charge in [-0.25, -0.2) is 14.4 Å². The molecule has 0 spiro atoms. The molecular formula is C17H16FN5OS. The maximum Gasteiger partial charge on any atom is 0.274 e. The van der Waals surface area contributed by atoms with Gasteiger partial charge in [0.1, 0.15) is 5.82 Å². The van der Waals surface area contributed by atoms with Crippen molar-refractivity contribution in [1.82, 2.24) is 19.9 Å². The quantitative estimate of drug-likeness (QED) is 0.777. The number of nitrogens with one attached hydrogen (secondary N) is 1. The number of pyridine rings is 1. The van der Waals surface area contributed by atoms with Gasteiger partial charge in [-0.05, 0) is 35.9 Å². The molecule has 1 N–H and O–H groups in total. The standard InChI is InChI=1S/C17H16FN5OS/c18-12-7-11(8-19-10-12)9-20-17-21-13-3-6-25-15(13)14(22-17)16(24)23-4-1-2-5-23/h3,6-8,10H,1-2,4-5,9H2,(H,20,21,22). The van der Waals surface area contributed by atoms with E-state index >= 15 is 0 Å². The number of anilines is 1. The molecule has 0 atom stereocenters. The number of hydrogen-bond acceptors (Lipinski definition) is 6. The number of carbonyl (C=O) groups is 1. The van der Waals surface area contributed by atoms with Crippen LogP contribution in [0.15, 0.2) is 29.9 Å². The van der Waals surface area contributed by atoms with Crippen LogP contribution in [0.2, 0.25) is 0 Å². The average molecular weight is 357 g/mol. The Morgan fingerprint density at radius 2 is 2.12 bits per heavy atom. The monoisotopic (exact) mass is 357 g/mol. The first-order valence-electron chi connectivity index (χ1n) is 8.08. The summed E-state index contributed by atoms with van der Waals surface area (Å²) in [6.45, 7) is 1.87. The zero-order valence-electron chi connectivity index (χ0n) is 13.4. The number of hydrogen-bond donors (Lipinski definition) is 1. The summed E-state index contributed by atoms with van der Waals surface area (Å²) >= 11 is 1.47. The van der Waals surface area contributed by atoms with Gasteiger partial charge in [0.05, 0.1) is 16.4 Å². The Bertz CT molecular complexity index is 922. The average Bonchev–Trinajstić information content (AvgIpc) is 3.30. The van der Waals surface area contributed by atoms with Crippen LogP contribution in [0.4, 0.5) is 10.3 Å². The lowest BCUT2D eigenvalue weighted by Crippen LogP contribution is -2.28. The molecule has 0 aliphatic carbocycles. The van der Waals surface area contributed by atoms with Crippen LogP contribution < -0.4 is 5.32 Å².